The van der Waals surface area contributed by atoms with E-state index in [1.54, 1.807) is 0 Å². The van der Waals surface area contributed by atoms with Crippen LogP contribution in [0.5, 0.6) is 5.75 Å². The van der Waals surface area contributed by atoms with E-state index in [1.165, 1.54) is 5.56 Å². The van der Waals surface area contributed by atoms with Gasteiger partial charge in [0, 0.05) is 0 Å². The topological polar surface area (TPSA) is 18.5 Å². The van der Waals surface area contributed by atoms with Gasteiger partial charge in [0.15, 0.2) is 0 Å². The minimum atomic E-state index is 0.0140. The molecule has 2 nitrogen and oxygen atoms in total. The average Bonchev–Trinajstić information content (AvgIpc) is 2.15. The fourth-order valence-corrected chi connectivity index (χ4v) is 2.05. The van der Waals surface area contributed by atoms with Crippen molar-refractivity contribution in [2.75, 3.05) is 19.8 Å². The van der Waals surface area contributed by atoms with Gasteiger partial charge in [-0.25, -0.2) is 0 Å². The lowest BCUT2D eigenvalue weighted by atomic mass is 9.97. The Labute approximate surface area is 92.3 Å². The summed E-state index contributed by atoms with van der Waals surface area (Å²) in [5.74, 6) is 0.927. The SMILES string of the molecule is CCOc1cccc(C2(Br)COC2)c1. The quantitative estimate of drug-likeness (QED) is 0.775. The van der Waals surface area contributed by atoms with Crippen molar-refractivity contribution in [3.8, 4) is 5.75 Å². The monoisotopic (exact) mass is 256 g/mol. The van der Waals surface area contributed by atoms with E-state index in [0.717, 1.165) is 19.0 Å². The smallest absolute Gasteiger partial charge is 0.119 e. The third-order valence-corrected chi connectivity index (χ3v) is 3.24. The van der Waals surface area contributed by atoms with Crippen molar-refractivity contribution in [3.05, 3.63) is 29.8 Å². The lowest BCUT2D eigenvalue weighted by molar-refractivity contribution is -0.00706. The fraction of sp³-hybridized carbons (Fsp3) is 0.455. The highest BCUT2D eigenvalue weighted by molar-refractivity contribution is 9.09. The van der Waals surface area contributed by atoms with E-state index in [4.69, 9.17) is 9.47 Å². The molecular weight excluding hydrogens is 244 g/mol. The van der Waals surface area contributed by atoms with Gasteiger partial charge >= 0.3 is 0 Å². The summed E-state index contributed by atoms with van der Waals surface area (Å²) in [6.07, 6.45) is 0. The van der Waals surface area contributed by atoms with Crippen molar-refractivity contribution in [1.29, 1.82) is 0 Å². The van der Waals surface area contributed by atoms with Crippen LogP contribution in [0.25, 0.3) is 0 Å². The van der Waals surface area contributed by atoms with Gasteiger partial charge in [0.25, 0.3) is 0 Å². The van der Waals surface area contributed by atoms with Crippen molar-refractivity contribution >= 4 is 15.9 Å². The van der Waals surface area contributed by atoms with Crippen LogP contribution in [-0.4, -0.2) is 19.8 Å². The molecule has 1 fully saturated rings. The summed E-state index contributed by atoms with van der Waals surface area (Å²) in [4.78, 5) is 0. The molecule has 0 radical (unpaired) electrons. The van der Waals surface area contributed by atoms with E-state index in [9.17, 15) is 0 Å². The molecule has 0 saturated carbocycles. The molecule has 0 amide bonds. The van der Waals surface area contributed by atoms with E-state index in [0.29, 0.717) is 6.61 Å². The molecule has 1 aromatic carbocycles. The first-order chi connectivity index (χ1) is 6.74. The van der Waals surface area contributed by atoms with Gasteiger partial charge in [0.2, 0.25) is 0 Å². The Balaban J connectivity index is 2.21. The van der Waals surface area contributed by atoms with Crippen LogP contribution in [0.3, 0.4) is 0 Å². The highest BCUT2D eigenvalue weighted by atomic mass is 79.9. The van der Waals surface area contributed by atoms with E-state index in [-0.39, 0.29) is 4.32 Å². The second-order valence-corrected chi connectivity index (χ2v) is 4.94. The summed E-state index contributed by atoms with van der Waals surface area (Å²) < 4.78 is 10.7. The summed E-state index contributed by atoms with van der Waals surface area (Å²) in [6, 6.07) is 8.16. The zero-order chi connectivity index (χ0) is 10.0. The molecule has 0 aliphatic carbocycles. The van der Waals surface area contributed by atoms with Crippen molar-refractivity contribution in [2.45, 2.75) is 11.2 Å². The average molecular weight is 257 g/mol. The van der Waals surface area contributed by atoms with Crippen molar-refractivity contribution in [3.63, 3.8) is 0 Å². The Morgan fingerprint density at radius 3 is 2.86 bits per heavy atom. The molecule has 0 atom stereocenters. The molecule has 2 rings (SSSR count). The number of halogens is 1. The molecule has 0 spiro atoms. The summed E-state index contributed by atoms with van der Waals surface area (Å²) in [5, 5.41) is 0. The molecule has 1 aliphatic rings. The molecule has 76 valence electrons. The van der Waals surface area contributed by atoms with Gasteiger partial charge in [-0.15, -0.1) is 0 Å². The number of hydrogen-bond acceptors (Lipinski definition) is 2. The standard InChI is InChI=1S/C11H13BrO2/c1-2-14-10-5-3-4-9(6-10)11(12)7-13-8-11/h3-6H,2,7-8H2,1H3. The highest BCUT2D eigenvalue weighted by Gasteiger charge is 2.37. The maximum Gasteiger partial charge on any atom is 0.119 e. The maximum absolute atomic E-state index is 5.45. The zero-order valence-electron chi connectivity index (χ0n) is 8.13. The molecular formula is C11H13BrO2. The van der Waals surface area contributed by atoms with E-state index >= 15 is 0 Å². The maximum atomic E-state index is 5.45. The molecule has 3 heteroatoms. The molecule has 0 aromatic heterocycles. The first-order valence-electron chi connectivity index (χ1n) is 4.74. The molecule has 1 saturated heterocycles. The molecule has 0 bridgehead atoms. The van der Waals surface area contributed by atoms with Crippen LogP contribution in [0.2, 0.25) is 0 Å². The molecule has 14 heavy (non-hydrogen) atoms. The minimum absolute atomic E-state index is 0.0140. The van der Waals surface area contributed by atoms with Crippen LogP contribution < -0.4 is 4.74 Å². The highest BCUT2D eigenvalue weighted by Crippen LogP contribution is 2.39. The number of ether oxygens (including phenoxy) is 2. The second-order valence-electron chi connectivity index (χ2n) is 3.42. The van der Waals surface area contributed by atoms with Gasteiger partial charge in [-0.1, -0.05) is 28.1 Å². The Bertz CT molecular complexity index is 321. The van der Waals surface area contributed by atoms with Crippen LogP contribution in [-0.2, 0) is 9.06 Å². The third-order valence-electron chi connectivity index (χ3n) is 2.32. The molecule has 0 N–H and O–H groups in total. The number of benzene rings is 1. The molecule has 0 unspecified atom stereocenters. The Hall–Kier alpha value is -0.540. The first-order valence-corrected chi connectivity index (χ1v) is 5.54. The third kappa shape index (κ3) is 1.79. The minimum Gasteiger partial charge on any atom is -0.494 e. The summed E-state index contributed by atoms with van der Waals surface area (Å²) >= 11 is 3.68. The largest absolute Gasteiger partial charge is 0.494 e. The van der Waals surface area contributed by atoms with Gasteiger partial charge in [-0.05, 0) is 24.6 Å². The van der Waals surface area contributed by atoms with E-state index in [2.05, 4.69) is 28.1 Å². The first kappa shape index (κ1) is 9.99. The summed E-state index contributed by atoms with van der Waals surface area (Å²) in [5.41, 5.74) is 1.23. The zero-order valence-corrected chi connectivity index (χ0v) is 9.71. The fourth-order valence-electron chi connectivity index (χ4n) is 1.48. The van der Waals surface area contributed by atoms with Crippen molar-refractivity contribution in [1.82, 2.24) is 0 Å². The van der Waals surface area contributed by atoms with Crippen LogP contribution in [0.15, 0.2) is 24.3 Å². The molecule has 1 aromatic rings. The normalized spacial score (nSPS) is 18.7. The number of hydrogen-bond donors (Lipinski definition) is 0. The Morgan fingerprint density at radius 2 is 2.29 bits per heavy atom. The van der Waals surface area contributed by atoms with E-state index < -0.39 is 0 Å². The van der Waals surface area contributed by atoms with Crippen molar-refractivity contribution in [2.24, 2.45) is 0 Å². The van der Waals surface area contributed by atoms with Crippen LogP contribution in [0.4, 0.5) is 0 Å². The van der Waals surface area contributed by atoms with Gasteiger partial charge < -0.3 is 9.47 Å². The van der Waals surface area contributed by atoms with Crippen LogP contribution in [0.1, 0.15) is 12.5 Å². The number of alkyl halides is 1. The number of rotatable bonds is 3. The van der Waals surface area contributed by atoms with Gasteiger partial charge in [0.1, 0.15) is 5.75 Å². The van der Waals surface area contributed by atoms with Gasteiger partial charge in [-0.2, -0.15) is 0 Å². The summed E-state index contributed by atoms with van der Waals surface area (Å²) in [6.45, 7) is 4.17. The predicted molar refractivity (Wildman–Crippen MR) is 59.0 cm³/mol. The Morgan fingerprint density at radius 1 is 1.50 bits per heavy atom. The second kappa shape index (κ2) is 3.91. The lowest BCUT2D eigenvalue weighted by Gasteiger charge is -2.36. The lowest BCUT2D eigenvalue weighted by Crippen LogP contribution is -2.40. The predicted octanol–water partition coefficient (Wildman–Crippen LogP) is 2.71. The summed E-state index contributed by atoms with van der Waals surface area (Å²) in [7, 11) is 0. The van der Waals surface area contributed by atoms with Gasteiger partial charge in [-0.3, -0.25) is 0 Å². The van der Waals surface area contributed by atoms with Crippen LogP contribution in [0, 0.1) is 0 Å². The van der Waals surface area contributed by atoms with Gasteiger partial charge in [0.05, 0.1) is 24.1 Å². The van der Waals surface area contributed by atoms with Crippen LogP contribution >= 0.6 is 15.9 Å². The Kier molecular flexibility index (Phi) is 2.79. The molecule has 1 aliphatic heterocycles. The van der Waals surface area contributed by atoms with Crippen molar-refractivity contribution < 1.29 is 9.47 Å². The van der Waals surface area contributed by atoms with E-state index in [1.807, 2.05) is 19.1 Å². The molecule has 1 heterocycles.